The van der Waals surface area contributed by atoms with Crippen molar-refractivity contribution in [2.24, 2.45) is 4.99 Å². The van der Waals surface area contributed by atoms with E-state index in [4.69, 9.17) is 0 Å². The Morgan fingerprint density at radius 2 is 1.82 bits per heavy atom. The minimum atomic E-state index is -0.846. The molecule has 0 saturated carbocycles. The van der Waals surface area contributed by atoms with Crippen LogP contribution in [0.5, 0.6) is 0 Å². The van der Waals surface area contributed by atoms with Crippen molar-refractivity contribution in [1.82, 2.24) is 10.6 Å². The van der Waals surface area contributed by atoms with Crippen LogP contribution in [-0.2, 0) is 17.3 Å². The highest BCUT2D eigenvalue weighted by molar-refractivity contribution is 7.86. The zero-order chi connectivity index (χ0) is 16.6. The average molecular weight is 324 g/mol. The minimum Gasteiger partial charge on any atom is -0.357 e. The number of nitrogens with one attached hydrogen (secondary N) is 2. The molecule has 0 amide bonds. The summed E-state index contributed by atoms with van der Waals surface area (Å²) in [6.07, 6.45) is 0. The van der Waals surface area contributed by atoms with Crippen LogP contribution in [0.15, 0.2) is 29.3 Å². The van der Waals surface area contributed by atoms with Crippen LogP contribution in [0.4, 0.5) is 0 Å². The van der Waals surface area contributed by atoms with Gasteiger partial charge < -0.3 is 10.6 Å². The summed E-state index contributed by atoms with van der Waals surface area (Å²) in [5, 5.41) is 6.47. The maximum Gasteiger partial charge on any atom is 0.191 e. The number of rotatable bonds is 6. The second-order valence-corrected chi connectivity index (χ2v) is 8.59. The molecule has 1 aromatic rings. The van der Waals surface area contributed by atoms with E-state index in [-0.39, 0.29) is 4.75 Å². The molecule has 2 N–H and O–H groups in total. The van der Waals surface area contributed by atoms with E-state index in [2.05, 4.69) is 46.8 Å². The highest BCUT2D eigenvalue weighted by atomic mass is 32.2. The summed E-state index contributed by atoms with van der Waals surface area (Å²) in [5.41, 5.74) is 2.43. The first-order valence-corrected chi connectivity index (χ1v) is 9.11. The lowest BCUT2D eigenvalue weighted by Crippen LogP contribution is -2.40. The maximum absolute atomic E-state index is 12.0. The van der Waals surface area contributed by atoms with E-state index in [0.717, 1.165) is 12.5 Å². The molecule has 0 aliphatic heterocycles. The van der Waals surface area contributed by atoms with E-state index in [0.29, 0.717) is 18.8 Å². The van der Waals surface area contributed by atoms with Crippen LogP contribution >= 0.6 is 0 Å². The molecule has 0 saturated heterocycles. The Balaban J connectivity index is 2.52. The van der Waals surface area contributed by atoms with Gasteiger partial charge in [0.1, 0.15) is 0 Å². The van der Waals surface area contributed by atoms with Crippen LogP contribution in [0, 0.1) is 6.92 Å². The lowest BCUT2D eigenvalue weighted by molar-refractivity contribution is 0.647. The SMILES string of the molecule is CCNC(=NCc1ccc(C)cc1)NCCS(=O)C(C)(C)C. The summed E-state index contributed by atoms with van der Waals surface area (Å²) in [6, 6.07) is 8.38. The van der Waals surface area contributed by atoms with Gasteiger partial charge in [0.05, 0.1) is 6.54 Å². The van der Waals surface area contributed by atoms with Crippen LogP contribution < -0.4 is 10.6 Å². The number of hydrogen-bond acceptors (Lipinski definition) is 2. The van der Waals surface area contributed by atoms with Gasteiger partial charge in [-0.3, -0.25) is 4.21 Å². The van der Waals surface area contributed by atoms with Crippen LogP contribution in [0.2, 0.25) is 0 Å². The lowest BCUT2D eigenvalue weighted by Gasteiger charge is -2.18. The van der Waals surface area contributed by atoms with E-state index < -0.39 is 10.8 Å². The Bertz CT molecular complexity index is 504. The van der Waals surface area contributed by atoms with Gasteiger partial charge in [-0.15, -0.1) is 0 Å². The van der Waals surface area contributed by atoms with Gasteiger partial charge in [-0.2, -0.15) is 0 Å². The largest absolute Gasteiger partial charge is 0.357 e. The molecule has 124 valence electrons. The monoisotopic (exact) mass is 323 g/mol. The van der Waals surface area contributed by atoms with Crippen molar-refractivity contribution in [1.29, 1.82) is 0 Å². The highest BCUT2D eigenvalue weighted by Crippen LogP contribution is 2.10. The third-order valence-electron chi connectivity index (χ3n) is 3.15. The predicted octanol–water partition coefficient (Wildman–Crippen LogP) is 2.60. The van der Waals surface area contributed by atoms with Crippen molar-refractivity contribution in [2.45, 2.75) is 45.9 Å². The van der Waals surface area contributed by atoms with Gasteiger partial charge in [0.2, 0.25) is 0 Å². The fraction of sp³-hybridized carbons (Fsp3) is 0.588. The van der Waals surface area contributed by atoms with Crippen molar-refractivity contribution >= 4 is 16.8 Å². The Morgan fingerprint density at radius 1 is 1.18 bits per heavy atom. The Kier molecular flexibility index (Phi) is 7.59. The number of nitrogens with zero attached hydrogens (tertiary/aromatic N) is 1. The molecular weight excluding hydrogens is 294 g/mol. The first-order chi connectivity index (χ1) is 10.3. The molecule has 1 rings (SSSR count). The lowest BCUT2D eigenvalue weighted by atomic mass is 10.1. The summed E-state index contributed by atoms with van der Waals surface area (Å²) in [6.45, 7) is 12.2. The van der Waals surface area contributed by atoms with Crippen molar-refractivity contribution in [3.63, 3.8) is 0 Å². The summed E-state index contributed by atoms with van der Waals surface area (Å²) < 4.78 is 11.9. The normalized spacial score (nSPS) is 13.8. The molecule has 0 spiro atoms. The molecule has 5 heteroatoms. The van der Waals surface area contributed by atoms with Gasteiger partial charge in [-0.05, 0) is 40.2 Å². The third kappa shape index (κ3) is 7.07. The van der Waals surface area contributed by atoms with E-state index in [1.54, 1.807) is 0 Å². The van der Waals surface area contributed by atoms with Crippen molar-refractivity contribution < 1.29 is 4.21 Å². The van der Waals surface area contributed by atoms with Gasteiger partial charge in [0.25, 0.3) is 0 Å². The molecule has 0 bridgehead atoms. The highest BCUT2D eigenvalue weighted by Gasteiger charge is 2.18. The number of guanidine groups is 1. The van der Waals surface area contributed by atoms with E-state index in [9.17, 15) is 4.21 Å². The summed E-state index contributed by atoms with van der Waals surface area (Å²) in [4.78, 5) is 4.57. The molecular formula is C17H29N3OS. The molecule has 1 atom stereocenters. The molecule has 0 radical (unpaired) electrons. The van der Waals surface area contributed by atoms with Crippen molar-refractivity contribution in [2.75, 3.05) is 18.8 Å². The van der Waals surface area contributed by atoms with Crippen LogP contribution in [-0.4, -0.2) is 33.8 Å². The van der Waals surface area contributed by atoms with Crippen LogP contribution in [0.25, 0.3) is 0 Å². The zero-order valence-corrected chi connectivity index (χ0v) is 15.2. The second kappa shape index (κ2) is 8.93. The first-order valence-electron chi connectivity index (χ1n) is 7.79. The van der Waals surface area contributed by atoms with Crippen molar-refractivity contribution in [3.8, 4) is 0 Å². The fourth-order valence-electron chi connectivity index (χ4n) is 1.77. The van der Waals surface area contributed by atoms with Gasteiger partial charge in [0.15, 0.2) is 5.96 Å². The summed E-state index contributed by atoms with van der Waals surface area (Å²) >= 11 is 0. The van der Waals surface area contributed by atoms with E-state index >= 15 is 0 Å². The van der Waals surface area contributed by atoms with E-state index in [1.807, 2.05) is 27.7 Å². The van der Waals surface area contributed by atoms with Gasteiger partial charge in [0, 0.05) is 34.4 Å². The molecule has 1 aromatic carbocycles. The average Bonchev–Trinajstić information content (AvgIpc) is 2.45. The zero-order valence-electron chi connectivity index (χ0n) is 14.4. The standard InChI is InChI=1S/C17H29N3OS/c1-6-18-16(19-11-12-22(21)17(3,4)5)20-13-15-9-7-14(2)8-10-15/h7-10H,6,11-13H2,1-5H3,(H2,18,19,20). The first kappa shape index (κ1) is 18.7. The molecule has 0 aliphatic carbocycles. The summed E-state index contributed by atoms with van der Waals surface area (Å²) in [7, 11) is -0.846. The smallest absolute Gasteiger partial charge is 0.191 e. The molecule has 0 aliphatic rings. The molecule has 0 fully saturated rings. The van der Waals surface area contributed by atoms with Gasteiger partial charge in [-0.25, -0.2) is 4.99 Å². The Hall–Kier alpha value is -1.36. The topological polar surface area (TPSA) is 53.5 Å². The summed E-state index contributed by atoms with van der Waals surface area (Å²) in [5.74, 6) is 1.40. The quantitative estimate of drug-likeness (QED) is 0.625. The number of benzene rings is 1. The fourth-order valence-corrected chi connectivity index (χ4v) is 2.67. The van der Waals surface area contributed by atoms with E-state index in [1.165, 1.54) is 11.1 Å². The Labute approximate surface area is 137 Å². The van der Waals surface area contributed by atoms with Gasteiger partial charge >= 0.3 is 0 Å². The second-order valence-electron chi connectivity index (χ2n) is 6.27. The third-order valence-corrected chi connectivity index (χ3v) is 5.09. The van der Waals surface area contributed by atoms with Crippen LogP contribution in [0.3, 0.4) is 0 Å². The minimum absolute atomic E-state index is 0.168. The molecule has 0 aromatic heterocycles. The number of hydrogen-bond donors (Lipinski definition) is 2. The number of aryl methyl sites for hydroxylation is 1. The maximum atomic E-state index is 12.0. The predicted molar refractivity (Wildman–Crippen MR) is 96.8 cm³/mol. The molecule has 1 unspecified atom stereocenters. The number of aliphatic imine (C=N–C) groups is 1. The van der Waals surface area contributed by atoms with Gasteiger partial charge in [-0.1, -0.05) is 29.8 Å². The Morgan fingerprint density at radius 3 is 2.36 bits per heavy atom. The molecule has 22 heavy (non-hydrogen) atoms. The molecule has 0 heterocycles. The molecule has 4 nitrogen and oxygen atoms in total. The van der Waals surface area contributed by atoms with Crippen molar-refractivity contribution in [3.05, 3.63) is 35.4 Å². The van der Waals surface area contributed by atoms with Crippen LogP contribution in [0.1, 0.15) is 38.8 Å².